The lowest BCUT2D eigenvalue weighted by molar-refractivity contribution is -0.132. The number of hydrogen-bond acceptors (Lipinski definition) is 5. The number of ether oxygens (including phenoxy) is 3. The van der Waals surface area contributed by atoms with Crippen molar-refractivity contribution in [1.29, 1.82) is 0 Å². The molecule has 3 aromatic rings. The van der Waals surface area contributed by atoms with E-state index in [4.69, 9.17) is 14.2 Å². The fourth-order valence-corrected chi connectivity index (χ4v) is 3.55. The van der Waals surface area contributed by atoms with Crippen LogP contribution in [-0.4, -0.2) is 51.0 Å². The van der Waals surface area contributed by atoms with Crippen molar-refractivity contribution >= 4 is 23.3 Å². The van der Waals surface area contributed by atoms with Crippen molar-refractivity contribution in [1.82, 2.24) is 4.90 Å². The zero-order chi connectivity index (χ0) is 25.9. The first kappa shape index (κ1) is 26.5. The molecule has 6 heteroatoms. The van der Waals surface area contributed by atoms with Crippen molar-refractivity contribution in [2.45, 2.75) is 19.8 Å². The molecular weight excluding hydrogens is 454 g/mol. The number of nitrogens with zero attached hydrogens (tertiary/aromatic N) is 1. The quantitative estimate of drug-likeness (QED) is 0.185. The third-order valence-corrected chi connectivity index (χ3v) is 5.82. The predicted octanol–water partition coefficient (Wildman–Crippen LogP) is 5.76. The Bertz CT molecular complexity index is 1170. The summed E-state index contributed by atoms with van der Waals surface area (Å²) in [6.07, 6.45) is 3.85. The minimum Gasteiger partial charge on any atom is -0.497 e. The van der Waals surface area contributed by atoms with E-state index >= 15 is 0 Å². The standard InChI is InChI=1S/C30H33NO5/c1-5-6-19-31(2)29(32)21-36-27-13-7-22(8-14-27)20-28(23-9-15-25(34-3)16-10-23)30(33)24-11-17-26(35-4)18-12-24/h7-18,20H,5-6,19,21H2,1-4H3/b28-20+. The number of carbonyl (C=O) groups excluding carboxylic acids is 2. The van der Waals surface area contributed by atoms with Crippen LogP contribution in [0, 0.1) is 0 Å². The molecule has 0 aliphatic rings. The number of ketones is 1. The maximum atomic E-state index is 13.5. The highest BCUT2D eigenvalue weighted by Crippen LogP contribution is 2.26. The average molecular weight is 488 g/mol. The Balaban J connectivity index is 1.81. The number of methoxy groups -OCH3 is 2. The minimum atomic E-state index is -0.108. The second kappa shape index (κ2) is 13.1. The van der Waals surface area contributed by atoms with Crippen molar-refractivity contribution in [3.63, 3.8) is 0 Å². The van der Waals surface area contributed by atoms with Crippen LogP contribution in [-0.2, 0) is 4.79 Å². The van der Waals surface area contributed by atoms with Gasteiger partial charge >= 0.3 is 0 Å². The maximum Gasteiger partial charge on any atom is 0.260 e. The zero-order valence-electron chi connectivity index (χ0n) is 21.3. The number of hydrogen-bond donors (Lipinski definition) is 0. The number of unbranched alkanes of at least 4 members (excludes halogenated alkanes) is 1. The van der Waals surface area contributed by atoms with Crippen LogP contribution in [0.4, 0.5) is 0 Å². The van der Waals surface area contributed by atoms with Crippen LogP contribution in [0.15, 0.2) is 72.8 Å². The lowest BCUT2D eigenvalue weighted by Crippen LogP contribution is -2.32. The Morgan fingerprint density at radius 1 is 0.778 bits per heavy atom. The molecule has 1 amide bonds. The van der Waals surface area contributed by atoms with Gasteiger partial charge in [-0.05, 0) is 72.2 Å². The fraction of sp³-hybridized carbons (Fsp3) is 0.267. The Labute approximate surface area is 213 Å². The van der Waals surface area contributed by atoms with Gasteiger partial charge < -0.3 is 19.1 Å². The van der Waals surface area contributed by atoms with Gasteiger partial charge in [-0.1, -0.05) is 37.6 Å². The number of allylic oxidation sites excluding steroid dienone is 1. The van der Waals surface area contributed by atoms with Crippen molar-refractivity contribution in [3.05, 3.63) is 89.5 Å². The van der Waals surface area contributed by atoms with E-state index in [-0.39, 0.29) is 18.3 Å². The molecule has 0 fully saturated rings. The van der Waals surface area contributed by atoms with Crippen LogP contribution in [0.5, 0.6) is 17.2 Å². The summed E-state index contributed by atoms with van der Waals surface area (Å²) < 4.78 is 16.2. The van der Waals surface area contributed by atoms with Gasteiger partial charge in [0.05, 0.1) is 14.2 Å². The van der Waals surface area contributed by atoms with Crippen molar-refractivity contribution in [2.24, 2.45) is 0 Å². The Hall–Kier alpha value is -4.06. The Kier molecular flexibility index (Phi) is 9.69. The normalized spacial score (nSPS) is 11.1. The van der Waals surface area contributed by atoms with Gasteiger partial charge in [-0.3, -0.25) is 9.59 Å². The number of amides is 1. The first-order chi connectivity index (χ1) is 17.4. The van der Waals surface area contributed by atoms with Gasteiger partial charge in [-0.2, -0.15) is 0 Å². The molecule has 3 rings (SSSR count). The van der Waals surface area contributed by atoms with E-state index in [1.807, 2.05) is 42.5 Å². The molecule has 0 aromatic heterocycles. The van der Waals surface area contributed by atoms with E-state index in [0.29, 0.717) is 28.4 Å². The summed E-state index contributed by atoms with van der Waals surface area (Å²) in [6, 6.07) is 21.8. The molecule has 0 saturated carbocycles. The van der Waals surface area contributed by atoms with E-state index in [2.05, 4.69) is 6.92 Å². The van der Waals surface area contributed by atoms with E-state index < -0.39 is 0 Å². The second-order valence-electron chi connectivity index (χ2n) is 8.37. The van der Waals surface area contributed by atoms with Gasteiger partial charge in [0.2, 0.25) is 0 Å². The molecule has 0 bridgehead atoms. The predicted molar refractivity (Wildman–Crippen MR) is 143 cm³/mol. The van der Waals surface area contributed by atoms with Gasteiger partial charge in [0.15, 0.2) is 12.4 Å². The fourth-order valence-electron chi connectivity index (χ4n) is 3.55. The van der Waals surface area contributed by atoms with Gasteiger partial charge in [-0.15, -0.1) is 0 Å². The first-order valence-electron chi connectivity index (χ1n) is 12.0. The number of likely N-dealkylation sites (N-methyl/N-ethyl adjacent to an activating group) is 1. The largest absolute Gasteiger partial charge is 0.497 e. The lowest BCUT2D eigenvalue weighted by atomic mass is 9.94. The molecule has 0 spiro atoms. The van der Waals surface area contributed by atoms with Crippen LogP contribution < -0.4 is 14.2 Å². The molecule has 0 heterocycles. The second-order valence-corrected chi connectivity index (χ2v) is 8.37. The van der Waals surface area contributed by atoms with Crippen LogP contribution in [0.2, 0.25) is 0 Å². The number of carbonyl (C=O) groups is 2. The van der Waals surface area contributed by atoms with Crippen LogP contribution in [0.25, 0.3) is 11.6 Å². The molecule has 3 aromatic carbocycles. The summed E-state index contributed by atoms with van der Waals surface area (Å²) in [6.45, 7) is 2.80. The van der Waals surface area contributed by atoms with Gasteiger partial charge in [0, 0.05) is 24.7 Å². The van der Waals surface area contributed by atoms with Gasteiger partial charge in [0.25, 0.3) is 5.91 Å². The molecule has 0 saturated heterocycles. The highest BCUT2D eigenvalue weighted by Gasteiger charge is 2.15. The van der Waals surface area contributed by atoms with E-state index in [1.165, 1.54) is 0 Å². The molecule has 0 aliphatic heterocycles. The molecule has 36 heavy (non-hydrogen) atoms. The van der Waals surface area contributed by atoms with Crippen LogP contribution in [0.1, 0.15) is 41.3 Å². The number of Topliss-reactive ketones (excluding diaryl/α,β-unsaturated/α-hetero) is 1. The summed E-state index contributed by atoms with van der Waals surface area (Å²) in [5.41, 5.74) is 2.71. The highest BCUT2D eigenvalue weighted by atomic mass is 16.5. The van der Waals surface area contributed by atoms with Crippen molar-refractivity contribution in [3.8, 4) is 17.2 Å². The van der Waals surface area contributed by atoms with E-state index in [9.17, 15) is 9.59 Å². The summed E-state index contributed by atoms with van der Waals surface area (Å²) in [7, 11) is 4.98. The molecule has 6 nitrogen and oxygen atoms in total. The lowest BCUT2D eigenvalue weighted by Gasteiger charge is -2.17. The summed E-state index contributed by atoms with van der Waals surface area (Å²) in [5, 5.41) is 0. The zero-order valence-corrected chi connectivity index (χ0v) is 21.3. The number of rotatable bonds is 12. The molecule has 0 unspecified atom stereocenters. The Morgan fingerprint density at radius 3 is 1.83 bits per heavy atom. The van der Waals surface area contributed by atoms with Gasteiger partial charge in [-0.25, -0.2) is 0 Å². The third kappa shape index (κ3) is 7.22. The molecule has 0 atom stereocenters. The van der Waals surface area contributed by atoms with E-state index in [0.717, 1.165) is 30.5 Å². The summed E-state index contributed by atoms with van der Waals surface area (Å²) in [5.74, 6) is 1.83. The molecule has 0 N–H and O–H groups in total. The molecule has 188 valence electrons. The summed E-state index contributed by atoms with van der Waals surface area (Å²) in [4.78, 5) is 27.4. The minimum absolute atomic E-state index is 0.0115. The first-order valence-corrected chi connectivity index (χ1v) is 12.0. The Morgan fingerprint density at radius 2 is 1.31 bits per heavy atom. The van der Waals surface area contributed by atoms with Crippen molar-refractivity contribution < 1.29 is 23.8 Å². The van der Waals surface area contributed by atoms with E-state index in [1.54, 1.807) is 62.6 Å². The highest BCUT2D eigenvalue weighted by molar-refractivity contribution is 6.32. The number of benzene rings is 3. The van der Waals surface area contributed by atoms with Crippen LogP contribution in [0.3, 0.4) is 0 Å². The van der Waals surface area contributed by atoms with Crippen LogP contribution >= 0.6 is 0 Å². The topological polar surface area (TPSA) is 65.1 Å². The smallest absolute Gasteiger partial charge is 0.260 e. The molecule has 0 radical (unpaired) electrons. The van der Waals surface area contributed by atoms with Gasteiger partial charge in [0.1, 0.15) is 17.2 Å². The summed E-state index contributed by atoms with van der Waals surface area (Å²) >= 11 is 0. The monoisotopic (exact) mass is 487 g/mol. The van der Waals surface area contributed by atoms with Crippen molar-refractivity contribution in [2.75, 3.05) is 34.4 Å². The molecule has 0 aliphatic carbocycles. The maximum absolute atomic E-state index is 13.5. The molecular formula is C30H33NO5. The average Bonchev–Trinajstić information content (AvgIpc) is 2.93. The third-order valence-electron chi connectivity index (χ3n) is 5.82. The SMILES string of the molecule is CCCCN(C)C(=O)COc1ccc(/C=C(/C(=O)c2ccc(OC)cc2)c2ccc(OC)cc2)cc1.